The minimum atomic E-state index is 0.773. The van der Waals surface area contributed by atoms with E-state index in [2.05, 4.69) is 68.6 Å². The highest BCUT2D eigenvalue weighted by Crippen LogP contribution is 2.26. The summed E-state index contributed by atoms with van der Waals surface area (Å²) in [6.45, 7) is 9.82. The number of rotatable bonds is 18. The van der Waals surface area contributed by atoms with Crippen molar-refractivity contribution in [3.63, 3.8) is 0 Å². The number of hydrogen-bond acceptors (Lipinski definition) is 3. The average molecular weight is 440 g/mol. The lowest BCUT2D eigenvalue weighted by Crippen LogP contribution is -2.14. The molecule has 0 fully saturated rings. The Kier molecular flexibility index (Phi) is 13.6. The van der Waals surface area contributed by atoms with Crippen LogP contribution in [0.25, 0.3) is 0 Å². The van der Waals surface area contributed by atoms with Gasteiger partial charge < -0.3 is 14.8 Å². The summed E-state index contributed by atoms with van der Waals surface area (Å²) in [5.74, 6) is 1.88. The molecule has 0 bridgehead atoms. The van der Waals surface area contributed by atoms with Crippen LogP contribution in [0.1, 0.15) is 94.7 Å². The predicted octanol–water partition coefficient (Wildman–Crippen LogP) is 7.98. The standard InChI is InChI=1S/C29H45NO2/c1-4-6-8-10-12-20-31-28-19-18-27(24-30-23-26-16-14-25(3)15-17-26)29(22-28)32-21-13-11-9-7-5-2/h14-19,22,30H,4-13,20-21,23-24H2,1-3H3. The zero-order chi connectivity index (χ0) is 22.9. The van der Waals surface area contributed by atoms with E-state index in [1.54, 1.807) is 0 Å². The molecule has 0 spiro atoms. The third kappa shape index (κ3) is 11.0. The van der Waals surface area contributed by atoms with Crippen molar-refractivity contribution in [2.75, 3.05) is 13.2 Å². The Morgan fingerprint density at radius 2 is 1.28 bits per heavy atom. The van der Waals surface area contributed by atoms with E-state index < -0.39 is 0 Å². The Balaban J connectivity index is 1.87. The minimum Gasteiger partial charge on any atom is -0.493 e. The van der Waals surface area contributed by atoms with Crippen molar-refractivity contribution < 1.29 is 9.47 Å². The van der Waals surface area contributed by atoms with Gasteiger partial charge in [-0.05, 0) is 31.4 Å². The van der Waals surface area contributed by atoms with E-state index in [1.807, 2.05) is 0 Å². The fourth-order valence-electron chi connectivity index (χ4n) is 3.74. The van der Waals surface area contributed by atoms with Crippen LogP contribution in [0.3, 0.4) is 0 Å². The van der Waals surface area contributed by atoms with Crippen LogP contribution >= 0.6 is 0 Å². The van der Waals surface area contributed by atoms with Gasteiger partial charge in [-0.1, -0.05) is 101 Å². The highest BCUT2D eigenvalue weighted by molar-refractivity contribution is 5.41. The second-order valence-corrected chi connectivity index (χ2v) is 8.88. The Bertz CT molecular complexity index is 726. The van der Waals surface area contributed by atoms with E-state index in [0.29, 0.717) is 0 Å². The van der Waals surface area contributed by atoms with Gasteiger partial charge in [-0.15, -0.1) is 0 Å². The predicted molar refractivity (Wildman–Crippen MR) is 137 cm³/mol. The first-order chi connectivity index (χ1) is 15.7. The molecule has 3 heteroatoms. The van der Waals surface area contributed by atoms with Crippen molar-refractivity contribution >= 4 is 0 Å². The molecule has 0 radical (unpaired) electrons. The van der Waals surface area contributed by atoms with Crippen molar-refractivity contribution in [2.24, 2.45) is 0 Å². The molecule has 0 aliphatic carbocycles. The van der Waals surface area contributed by atoms with Crippen molar-refractivity contribution in [1.29, 1.82) is 0 Å². The Morgan fingerprint density at radius 3 is 1.94 bits per heavy atom. The number of unbranched alkanes of at least 4 members (excludes halogenated alkanes) is 8. The maximum absolute atomic E-state index is 6.22. The summed E-state index contributed by atoms with van der Waals surface area (Å²) < 4.78 is 12.2. The van der Waals surface area contributed by atoms with Crippen LogP contribution in [0.5, 0.6) is 11.5 Å². The molecule has 178 valence electrons. The van der Waals surface area contributed by atoms with Gasteiger partial charge in [0.15, 0.2) is 0 Å². The molecular formula is C29H45NO2. The molecule has 0 saturated carbocycles. The van der Waals surface area contributed by atoms with Crippen LogP contribution in [-0.2, 0) is 13.1 Å². The molecule has 0 saturated heterocycles. The van der Waals surface area contributed by atoms with E-state index in [9.17, 15) is 0 Å². The van der Waals surface area contributed by atoms with E-state index in [4.69, 9.17) is 9.47 Å². The van der Waals surface area contributed by atoms with Crippen LogP contribution in [0.4, 0.5) is 0 Å². The van der Waals surface area contributed by atoms with Crippen LogP contribution in [0.2, 0.25) is 0 Å². The fraction of sp³-hybridized carbons (Fsp3) is 0.586. The fourth-order valence-corrected chi connectivity index (χ4v) is 3.74. The second kappa shape index (κ2) is 16.6. The molecule has 0 amide bonds. The third-order valence-electron chi connectivity index (χ3n) is 5.83. The van der Waals surface area contributed by atoms with E-state index >= 15 is 0 Å². The van der Waals surface area contributed by atoms with Crippen LogP contribution in [-0.4, -0.2) is 13.2 Å². The molecule has 2 aromatic carbocycles. The lowest BCUT2D eigenvalue weighted by atomic mass is 10.1. The zero-order valence-electron chi connectivity index (χ0n) is 20.8. The maximum atomic E-state index is 6.22. The first kappa shape index (κ1) is 26.3. The normalized spacial score (nSPS) is 11.0. The maximum Gasteiger partial charge on any atom is 0.127 e. The summed E-state index contributed by atoms with van der Waals surface area (Å²) >= 11 is 0. The molecule has 0 atom stereocenters. The number of aryl methyl sites for hydroxylation is 1. The SMILES string of the molecule is CCCCCCCOc1ccc(CNCc2ccc(C)cc2)c(OCCCCCCC)c1. The summed E-state index contributed by atoms with van der Waals surface area (Å²) in [5.41, 5.74) is 3.79. The molecule has 3 nitrogen and oxygen atoms in total. The van der Waals surface area contributed by atoms with Gasteiger partial charge in [0.1, 0.15) is 11.5 Å². The molecule has 2 aromatic rings. The van der Waals surface area contributed by atoms with E-state index in [-0.39, 0.29) is 0 Å². The Hall–Kier alpha value is -2.00. The van der Waals surface area contributed by atoms with Crippen LogP contribution in [0.15, 0.2) is 42.5 Å². The van der Waals surface area contributed by atoms with E-state index in [1.165, 1.54) is 68.1 Å². The quantitative estimate of drug-likeness (QED) is 0.239. The highest BCUT2D eigenvalue weighted by Gasteiger charge is 2.07. The molecular weight excluding hydrogens is 394 g/mol. The van der Waals surface area contributed by atoms with Gasteiger partial charge in [0.05, 0.1) is 13.2 Å². The van der Waals surface area contributed by atoms with Gasteiger partial charge in [-0.2, -0.15) is 0 Å². The lowest BCUT2D eigenvalue weighted by Gasteiger charge is -2.15. The van der Waals surface area contributed by atoms with Crippen LogP contribution in [0, 0.1) is 6.92 Å². The summed E-state index contributed by atoms with van der Waals surface area (Å²) in [6, 6.07) is 15.0. The van der Waals surface area contributed by atoms with Gasteiger partial charge in [0.25, 0.3) is 0 Å². The number of ether oxygens (including phenoxy) is 2. The van der Waals surface area contributed by atoms with Crippen LogP contribution < -0.4 is 14.8 Å². The van der Waals surface area contributed by atoms with E-state index in [0.717, 1.165) is 50.6 Å². The molecule has 1 N–H and O–H groups in total. The highest BCUT2D eigenvalue weighted by atomic mass is 16.5. The van der Waals surface area contributed by atoms with Gasteiger partial charge >= 0.3 is 0 Å². The lowest BCUT2D eigenvalue weighted by molar-refractivity contribution is 0.287. The first-order valence-electron chi connectivity index (χ1n) is 12.9. The van der Waals surface area contributed by atoms with Gasteiger partial charge in [0.2, 0.25) is 0 Å². The number of nitrogens with one attached hydrogen (secondary N) is 1. The minimum absolute atomic E-state index is 0.773. The molecule has 0 unspecified atom stereocenters. The summed E-state index contributed by atoms with van der Waals surface area (Å²) in [5, 5.41) is 3.57. The number of benzene rings is 2. The second-order valence-electron chi connectivity index (χ2n) is 8.88. The number of hydrogen-bond donors (Lipinski definition) is 1. The molecule has 0 aromatic heterocycles. The first-order valence-corrected chi connectivity index (χ1v) is 12.9. The molecule has 0 heterocycles. The zero-order valence-corrected chi connectivity index (χ0v) is 20.8. The molecule has 32 heavy (non-hydrogen) atoms. The average Bonchev–Trinajstić information content (AvgIpc) is 2.81. The van der Waals surface area contributed by atoms with Gasteiger partial charge in [0, 0.05) is 24.7 Å². The summed E-state index contributed by atoms with van der Waals surface area (Å²) in [4.78, 5) is 0. The van der Waals surface area contributed by atoms with Crippen molar-refractivity contribution in [3.8, 4) is 11.5 Å². The summed E-state index contributed by atoms with van der Waals surface area (Å²) in [7, 11) is 0. The van der Waals surface area contributed by atoms with Crippen molar-refractivity contribution in [2.45, 2.75) is 98.1 Å². The molecule has 0 aliphatic rings. The third-order valence-corrected chi connectivity index (χ3v) is 5.83. The van der Waals surface area contributed by atoms with Gasteiger partial charge in [-0.3, -0.25) is 0 Å². The van der Waals surface area contributed by atoms with Crippen molar-refractivity contribution in [1.82, 2.24) is 5.32 Å². The van der Waals surface area contributed by atoms with Gasteiger partial charge in [-0.25, -0.2) is 0 Å². The molecule has 0 aliphatic heterocycles. The largest absolute Gasteiger partial charge is 0.493 e. The van der Waals surface area contributed by atoms with Crippen molar-refractivity contribution in [3.05, 3.63) is 59.2 Å². The Labute approximate surface area is 196 Å². The Morgan fingerprint density at radius 1 is 0.656 bits per heavy atom. The topological polar surface area (TPSA) is 30.5 Å². The smallest absolute Gasteiger partial charge is 0.127 e. The molecule has 2 rings (SSSR count). The summed E-state index contributed by atoms with van der Waals surface area (Å²) in [6.07, 6.45) is 12.5. The monoisotopic (exact) mass is 439 g/mol.